The van der Waals surface area contributed by atoms with Crippen molar-refractivity contribution in [3.05, 3.63) is 30.1 Å². The van der Waals surface area contributed by atoms with Crippen LogP contribution < -0.4 is 5.32 Å². The Balaban J connectivity index is 2.40. The zero-order valence-electron chi connectivity index (χ0n) is 9.10. The molecule has 18 heavy (non-hydrogen) atoms. The third-order valence-electron chi connectivity index (χ3n) is 2.31. The van der Waals surface area contributed by atoms with Crippen LogP contribution in [0.2, 0.25) is 0 Å². The summed E-state index contributed by atoms with van der Waals surface area (Å²) in [5, 5.41) is 11.8. The van der Waals surface area contributed by atoms with Crippen molar-refractivity contribution in [2.24, 2.45) is 0 Å². The van der Waals surface area contributed by atoms with E-state index in [4.69, 9.17) is 5.11 Å². The maximum Gasteiger partial charge on any atom is 0.335 e. The SMILES string of the molecule is O=C(O)c1ccc2c(NCC(F)F)ncnc2c1. The maximum atomic E-state index is 12.1. The Morgan fingerprint density at radius 2 is 2.17 bits per heavy atom. The van der Waals surface area contributed by atoms with Gasteiger partial charge in [-0.25, -0.2) is 23.5 Å². The predicted molar refractivity (Wildman–Crippen MR) is 61.0 cm³/mol. The summed E-state index contributed by atoms with van der Waals surface area (Å²) in [6.07, 6.45) is -1.30. The second-order valence-electron chi connectivity index (χ2n) is 3.53. The first-order valence-electron chi connectivity index (χ1n) is 5.08. The highest BCUT2D eigenvalue weighted by molar-refractivity contribution is 5.96. The molecule has 2 rings (SSSR count). The van der Waals surface area contributed by atoms with Crippen LogP contribution >= 0.6 is 0 Å². The Hall–Kier alpha value is -2.31. The Labute approximate surface area is 100 Å². The number of fused-ring (bicyclic) bond motifs is 1. The van der Waals surface area contributed by atoms with Gasteiger partial charge in [0.1, 0.15) is 12.1 Å². The summed E-state index contributed by atoms with van der Waals surface area (Å²) in [5.74, 6) is -0.810. The average Bonchev–Trinajstić information content (AvgIpc) is 2.35. The van der Waals surface area contributed by atoms with Crippen LogP contribution in [0, 0.1) is 0 Å². The van der Waals surface area contributed by atoms with E-state index in [-0.39, 0.29) is 11.4 Å². The number of hydrogen-bond donors (Lipinski definition) is 2. The minimum Gasteiger partial charge on any atom is -0.478 e. The van der Waals surface area contributed by atoms with Crippen molar-refractivity contribution in [3.8, 4) is 0 Å². The van der Waals surface area contributed by atoms with Gasteiger partial charge in [0.25, 0.3) is 6.43 Å². The van der Waals surface area contributed by atoms with Gasteiger partial charge in [0.2, 0.25) is 0 Å². The quantitative estimate of drug-likeness (QED) is 0.871. The van der Waals surface area contributed by atoms with E-state index >= 15 is 0 Å². The number of nitrogens with one attached hydrogen (secondary N) is 1. The van der Waals surface area contributed by atoms with Crippen molar-refractivity contribution in [3.63, 3.8) is 0 Å². The molecule has 2 aromatic rings. The van der Waals surface area contributed by atoms with E-state index in [0.717, 1.165) is 0 Å². The van der Waals surface area contributed by atoms with Crippen molar-refractivity contribution in [2.45, 2.75) is 6.43 Å². The van der Waals surface area contributed by atoms with E-state index in [1.165, 1.54) is 24.5 Å². The maximum absolute atomic E-state index is 12.1. The van der Waals surface area contributed by atoms with Crippen molar-refractivity contribution in [1.29, 1.82) is 0 Å². The van der Waals surface area contributed by atoms with Crippen LogP contribution in [-0.4, -0.2) is 34.0 Å². The molecule has 1 aromatic carbocycles. The second kappa shape index (κ2) is 4.91. The molecule has 0 aliphatic rings. The standard InChI is InChI=1S/C11H9F2N3O2/c12-9(13)4-14-10-7-2-1-6(11(17)18)3-8(7)15-5-16-10/h1-3,5,9H,4H2,(H,17,18)(H,14,15,16). The van der Waals surface area contributed by atoms with Crippen LogP contribution in [0.3, 0.4) is 0 Å². The molecule has 0 radical (unpaired) electrons. The minimum absolute atomic E-state index is 0.0843. The third-order valence-corrected chi connectivity index (χ3v) is 2.31. The molecule has 94 valence electrons. The second-order valence-corrected chi connectivity index (χ2v) is 3.53. The fourth-order valence-electron chi connectivity index (χ4n) is 1.50. The van der Waals surface area contributed by atoms with Gasteiger partial charge >= 0.3 is 5.97 Å². The number of aromatic nitrogens is 2. The van der Waals surface area contributed by atoms with Gasteiger partial charge in [-0.2, -0.15) is 0 Å². The zero-order valence-corrected chi connectivity index (χ0v) is 9.10. The first-order valence-corrected chi connectivity index (χ1v) is 5.08. The summed E-state index contributed by atoms with van der Waals surface area (Å²) < 4.78 is 24.2. The first kappa shape index (κ1) is 12.2. The van der Waals surface area contributed by atoms with E-state index < -0.39 is 18.9 Å². The molecule has 0 aliphatic heterocycles. The fourth-order valence-corrected chi connectivity index (χ4v) is 1.50. The molecule has 5 nitrogen and oxygen atoms in total. The van der Waals surface area contributed by atoms with Gasteiger partial charge < -0.3 is 10.4 Å². The summed E-state index contributed by atoms with van der Waals surface area (Å²) in [6.45, 7) is -0.521. The fraction of sp³-hybridized carbons (Fsp3) is 0.182. The van der Waals surface area contributed by atoms with Crippen LogP contribution in [0.4, 0.5) is 14.6 Å². The summed E-state index contributed by atoms with van der Waals surface area (Å²) in [6, 6.07) is 4.24. The van der Waals surface area contributed by atoms with Gasteiger partial charge in [0.15, 0.2) is 0 Å². The average molecular weight is 253 g/mol. The predicted octanol–water partition coefficient (Wildman–Crippen LogP) is 2.00. The summed E-state index contributed by atoms with van der Waals surface area (Å²) >= 11 is 0. The van der Waals surface area contributed by atoms with E-state index in [1.54, 1.807) is 0 Å². The molecule has 7 heteroatoms. The van der Waals surface area contributed by atoms with Gasteiger partial charge in [-0.15, -0.1) is 0 Å². The molecule has 0 unspecified atom stereocenters. The Bertz CT molecular complexity index is 590. The molecule has 0 aliphatic carbocycles. The number of carbonyl (C=O) groups is 1. The molecule has 0 saturated heterocycles. The zero-order chi connectivity index (χ0) is 13.1. The summed E-state index contributed by atoms with van der Waals surface area (Å²) in [4.78, 5) is 18.5. The number of carboxylic acid groups (broad SMARTS) is 1. The molecule has 0 saturated carbocycles. The van der Waals surface area contributed by atoms with Crippen molar-refractivity contribution >= 4 is 22.7 Å². The van der Waals surface area contributed by atoms with Gasteiger partial charge in [-0.05, 0) is 18.2 Å². The highest BCUT2D eigenvalue weighted by Gasteiger charge is 2.09. The van der Waals surface area contributed by atoms with Crippen LogP contribution in [0.1, 0.15) is 10.4 Å². The molecule has 2 N–H and O–H groups in total. The Morgan fingerprint density at radius 1 is 1.39 bits per heavy atom. The van der Waals surface area contributed by atoms with E-state index in [9.17, 15) is 13.6 Å². The summed E-state index contributed by atoms with van der Waals surface area (Å²) in [7, 11) is 0. The van der Waals surface area contributed by atoms with E-state index in [0.29, 0.717) is 10.9 Å². The third kappa shape index (κ3) is 2.50. The molecular weight excluding hydrogens is 244 g/mol. The number of anilines is 1. The van der Waals surface area contributed by atoms with Crippen LogP contribution in [-0.2, 0) is 0 Å². The lowest BCUT2D eigenvalue weighted by molar-refractivity contribution is 0.0697. The lowest BCUT2D eigenvalue weighted by Crippen LogP contribution is -2.11. The monoisotopic (exact) mass is 253 g/mol. The summed E-state index contributed by atoms with van der Waals surface area (Å²) in [5.41, 5.74) is 0.475. The number of hydrogen-bond acceptors (Lipinski definition) is 4. The minimum atomic E-state index is -2.49. The number of halogens is 2. The molecule has 1 aromatic heterocycles. The number of rotatable bonds is 4. The molecule has 1 heterocycles. The van der Waals surface area contributed by atoms with Crippen LogP contribution in [0.15, 0.2) is 24.5 Å². The number of aromatic carboxylic acids is 1. The first-order chi connectivity index (χ1) is 8.58. The smallest absolute Gasteiger partial charge is 0.335 e. The van der Waals surface area contributed by atoms with Crippen LogP contribution in [0.25, 0.3) is 10.9 Å². The van der Waals surface area contributed by atoms with Gasteiger partial charge in [0.05, 0.1) is 17.6 Å². The lowest BCUT2D eigenvalue weighted by Gasteiger charge is -2.07. The normalized spacial score (nSPS) is 10.8. The number of nitrogens with zero attached hydrogens (tertiary/aromatic N) is 2. The van der Waals surface area contributed by atoms with Crippen molar-refractivity contribution in [2.75, 3.05) is 11.9 Å². The van der Waals surface area contributed by atoms with E-state index in [2.05, 4.69) is 15.3 Å². The van der Waals surface area contributed by atoms with Gasteiger partial charge in [0, 0.05) is 5.39 Å². The molecule has 0 fully saturated rings. The lowest BCUT2D eigenvalue weighted by atomic mass is 10.1. The highest BCUT2D eigenvalue weighted by atomic mass is 19.3. The Kier molecular flexibility index (Phi) is 3.31. The largest absolute Gasteiger partial charge is 0.478 e. The van der Waals surface area contributed by atoms with E-state index in [1.807, 2.05) is 0 Å². The number of carboxylic acids is 1. The van der Waals surface area contributed by atoms with Crippen molar-refractivity contribution < 1.29 is 18.7 Å². The molecule has 0 atom stereocenters. The number of alkyl halides is 2. The molecule has 0 bridgehead atoms. The Morgan fingerprint density at radius 3 is 2.83 bits per heavy atom. The van der Waals surface area contributed by atoms with Gasteiger partial charge in [-0.3, -0.25) is 0 Å². The topological polar surface area (TPSA) is 75.1 Å². The molecule has 0 spiro atoms. The number of benzene rings is 1. The van der Waals surface area contributed by atoms with Gasteiger partial charge in [-0.1, -0.05) is 0 Å². The molecule has 0 amide bonds. The molecular formula is C11H9F2N3O2. The van der Waals surface area contributed by atoms with Crippen molar-refractivity contribution in [1.82, 2.24) is 9.97 Å². The highest BCUT2D eigenvalue weighted by Crippen LogP contribution is 2.20. The van der Waals surface area contributed by atoms with Crippen LogP contribution in [0.5, 0.6) is 0 Å².